The minimum absolute atomic E-state index is 0.0711. The van der Waals surface area contributed by atoms with Crippen LogP contribution in [-0.4, -0.2) is 15.3 Å². The Balaban J connectivity index is 2.86. The van der Waals surface area contributed by atoms with Crippen LogP contribution in [0.1, 0.15) is 11.7 Å². The highest BCUT2D eigenvalue weighted by atomic mass is 79.9. The summed E-state index contributed by atoms with van der Waals surface area (Å²) in [6.45, 7) is 0. The summed E-state index contributed by atoms with van der Waals surface area (Å²) in [6.07, 6.45) is -0.768. The molecule has 0 aliphatic rings. The van der Waals surface area contributed by atoms with Crippen LogP contribution >= 0.6 is 15.9 Å². The number of nitro benzene ring substituents is 1. The summed E-state index contributed by atoms with van der Waals surface area (Å²) in [6, 6.07) is 5.39. The van der Waals surface area contributed by atoms with Gasteiger partial charge in [0.2, 0.25) is 0 Å². The van der Waals surface area contributed by atoms with Gasteiger partial charge in [-0.15, -0.1) is 10.1 Å². The number of hydrogen-bond donors (Lipinski definition) is 0. The molecule has 16 heavy (non-hydrogen) atoms. The summed E-state index contributed by atoms with van der Waals surface area (Å²) in [5, 5.41) is 19.9. The number of hydrogen-bond acceptors (Lipinski definition) is 5. The number of nitro groups is 1. The molecule has 1 aromatic carbocycles. The van der Waals surface area contributed by atoms with Crippen LogP contribution in [0.2, 0.25) is 0 Å². The summed E-state index contributed by atoms with van der Waals surface area (Å²) in [4.78, 5) is 24.4. The molecular weight excluding hydrogens is 284 g/mol. The van der Waals surface area contributed by atoms with Gasteiger partial charge >= 0.3 is 0 Å². The van der Waals surface area contributed by atoms with Gasteiger partial charge in [-0.05, 0) is 17.7 Å². The molecular formula is C8H7BrN2O5. The summed E-state index contributed by atoms with van der Waals surface area (Å²) in [5.74, 6) is 0. The van der Waals surface area contributed by atoms with Gasteiger partial charge in [0.25, 0.3) is 10.8 Å². The molecule has 0 fully saturated rings. The van der Waals surface area contributed by atoms with Crippen LogP contribution < -0.4 is 0 Å². The van der Waals surface area contributed by atoms with Gasteiger partial charge in [0.05, 0.1) is 4.92 Å². The summed E-state index contributed by atoms with van der Waals surface area (Å²) in [5.41, 5.74) is 0.428. The second kappa shape index (κ2) is 5.40. The van der Waals surface area contributed by atoms with E-state index in [4.69, 9.17) is 0 Å². The fraction of sp³-hybridized carbons (Fsp3) is 0.250. The van der Waals surface area contributed by atoms with Crippen LogP contribution in [0.5, 0.6) is 0 Å². The SMILES string of the molecule is O=[N+]([O-])O[C@H](CBr)c1ccc([N+](=O)[O-])cc1. The lowest BCUT2D eigenvalue weighted by molar-refractivity contribution is -0.769. The van der Waals surface area contributed by atoms with E-state index in [1.165, 1.54) is 24.3 Å². The zero-order chi connectivity index (χ0) is 12.1. The molecule has 0 aromatic heterocycles. The minimum atomic E-state index is -0.895. The fourth-order valence-corrected chi connectivity index (χ4v) is 1.58. The monoisotopic (exact) mass is 290 g/mol. The van der Waals surface area contributed by atoms with Crippen LogP contribution in [0.15, 0.2) is 24.3 Å². The normalized spacial score (nSPS) is 11.8. The predicted octanol–water partition coefficient (Wildman–Crippen LogP) is 2.24. The molecule has 0 spiro atoms. The predicted molar refractivity (Wildman–Crippen MR) is 57.7 cm³/mol. The summed E-state index contributed by atoms with van der Waals surface area (Å²) < 4.78 is 0. The van der Waals surface area contributed by atoms with E-state index in [1.807, 2.05) is 0 Å². The van der Waals surface area contributed by atoms with Crippen LogP contribution in [0.25, 0.3) is 0 Å². The molecule has 1 atom stereocenters. The molecule has 1 rings (SSSR count). The Labute approximate surface area is 98.4 Å². The van der Waals surface area contributed by atoms with Gasteiger partial charge in [0.1, 0.15) is 6.10 Å². The van der Waals surface area contributed by atoms with Gasteiger partial charge in [-0.3, -0.25) is 10.1 Å². The van der Waals surface area contributed by atoms with Crippen molar-refractivity contribution >= 4 is 21.6 Å². The largest absolute Gasteiger partial charge is 0.305 e. The van der Waals surface area contributed by atoms with Gasteiger partial charge in [-0.1, -0.05) is 15.9 Å². The standard InChI is InChI=1S/C8H7BrN2O5/c9-5-8(16-11(14)15)6-1-3-7(4-2-6)10(12)13/h1-4,8H,5H2/t8-/m1/s1. The van der Waals surface area contributed by atoms with Gasteiger partial charge < -0.3 is 4.84 Å². The number of benzene rings is 1. The zero-order valence-electron chi connectivity index (χ0n) is 7.91. The Hall–Kier alpha value is -1.70. The van der Waals surface area contributed by atoms with E-state index in [9.17, 15) is 20.2 Å². The van der Waals surface area contributed by atoms with Crippen molar-refractivity contribution in [3.63, 3.8) is 0 Å². The van der Waals surface area contributed by atoms with E-state index < -0.39 is 16.1 Å². The van der Waals surface area contributed by atoms with Crippen LogP contribution in [0, 0.1) is 20.2 Å². The quantitative estimate of drug-likeness (QED) is 0.471. The van der Waals surface area contributed by atoms with Crippen molar-refractivity contribution in [2.75, 3.05) is 5.33 Å². The lowest BCUT2D eigenvalue weighted by atomic mass is 10.1. The minimum Gasteiger partial charge on any atom is -0.305 e. The first-order valence-electron chi connectivity index (χ1n) is 4.16. The molecule has 0 amide bonds. The average molecular weight is 291 g/mol. The maximum absolute atomic E-state index is 10.4. The molecule has 0 aliphatic carbocycles. The second-order valence-electron chi connectivity index (χ2n) is 2.82. The van der Waals surface area contributed by atoms with E-state index >= 15 is 0 Å². The van der Waals surface area contributed by atoms with Gasteiger partial charge in [0.15, 0.2) is 0 Å². The highest BCUT2D eigenvalue weighted by Crippen LogP contribution is 2.22. The van der Waals surface area contributed by atoms with Gasteiger partial charge in [0, 0.05) is 17.5 Å². The third kappa shape index (κ3) is 3.16. The lowest BCUT2D eigenvalue weighted by Crippen LogP contribution is -2.10. The third-order valence-corrected chi connectivity index (χ3v) is 2.42. The van der Waals surface area contributed by atoms with Gasteiger partial charge in [-0.25, -0.2) is 0 Å². The average Bonchev–Trinajstić information content (AvgIpc) is 2.25. The molecule has 1 aromatic rings. The number of halogens is 1. The number of nitrogens with zero attached hydrogens (tertiary/aromatic N) is 2. The third-order valence-electron chi connectivity index (χ3n) is 1.83. The molecule has 0 bridgehead atoms. The van der Waals surface area contributed by atoms with E-state index in [0.29, 0.717) is 5.56 Å². The van der Waals surface area contributed by atoms with Crippen molar-refractivity contribution in [1.29, 1.82) is 0 Å². The van der Waals surface area contributed by atoms with Crippen LogP contribution in [-0.2, 0) is 4.84 Å². The number of rotatable bonds is 5. The molecule has 8 heteroatoms. The Morgan fingerprint density at radius 1 is 1.25 bits per heavy atom. The molecule has 0 aliphatic heterocycles. The second-order valence-corrected chi connectivity index (χ2v) is 3.47. The van der Waals surface area contributed by atoms with Crippen molar-refractivity contribution in [3.05, 3.63) is 50.1 Å². The molecule has 0 saturated carbocycles. The van der Waals surface area contributed by atoms with Gasteiger partial charge in [-0.2, -0.15) is 0 Å². The maximum Gasteiger partial charge on any atom is 0.295 e. The van der Waals surface area contributed by atoms with Crippen molar-refractivity contribution in [2.45, 2.75) is 6.10 Å². The number of non-ortho nitro benzene ring substituents is 1. The lowest BCUT2D eigenvalue weighted by Gasteiger charge is -2.11. The molecule has 0 N–H and O–H groups in total. The van der Waals surface area contributed by atoms with Crippen molar-refractivity contribution < 1.29 is 14.8 Å². The highest BCUT2D eigenvalue weighted by molar-refractivity contribution is 9.09. The Kier molecular flexibility index (Phi) is 4.18. The Morgan fingerprint density at radius 2 is 1.81 bits per heavy atom. The highest BCUT2D eigenvalue weighted by Gasteiger charge is 2.15. The maximum atomic E-state index is 10.4. The van der Waals surface area contributed by atoms with E-state index in [1.54, 1.807) is 0 Å². The summed E-state index contributed by atoms with van der Waals surface area (Å²) in [7, 11) is 0. The van der Waals surface area contributed by atoms with Crippen molar-refractivity contribution in [1.82, 2.24) is 0 Å². The first kappa shape index (κ1) is 12.4. The smallest absolute Gasteiger partial charge is 0.295 e. The van der Waals surface area contributed by atoms with Crippen LogP contribution in [0.4, 0.5) is 5.69 Å². The first-order chi connectivity index (χ1) is 7.54. The zero-order valence-corrected chi connectivity index (χ0v) is 9.49. The fourth-order valence-electron chi connectivity index (χ4n) is 1.09. The van der Waals surface area contributed by atoms with Crippen LogP contribution in [0.3, 0.4) is 0 Å². The molecule has 0 unspecified atom stereocenters. The molecule has 0 heterocycles. The number of alkyl halides is 1. The first-order valence-corrected chi connectivity index (χ1v) is 5.28. The Morgan fingerprint density at radius 3 is 2.19 bits per heavy atom. The Bertz CT molecular complexity index is 394. The molecule has 0 saturated heterocycles. The molecule has 86 valence electrons. The van der Waals surface area contributed by atoms with E-state index in [-0.39, 0.29) is 11.0 Å². The van der Waals surface area contributed by atoms with E-state index in [2.05, 4.69) is 20.8 Å². The molecule has 0 radical (unpaired) electrons. The topological polar surface area (TPSA) is 95.5 Å². The summed E-state index contributed by atoms with van der Waals surface area (Å²) >= 11 is 3.07. The molecule has 7 nitrogen and oxygen atoms in total. The van der Waals surface area contributed by atoms with E-state index in [0.717, 1.165) is 0 Å². The van der Waals surface area contributed by atoms with Crippen molar-refractivity contribution in [3.8, 4) is 0 Å². The van der Waals surface area contributed by atoms with Crippen molar-refractivity contribution in [2.24, 2.45) is 0 Å².